The minimum Gasteiger partial charge on any atom is -0.438 e. The SMILES string of the molecule is CCCCC(=O)OCOP(=O)(N=C(N)N(C)OC(=O)CCc1ccccc1)OCOC(=O)CCCC. The van der Waals surface area contributed by atoms with Crippen molar-refractivity contribution in [2.75, 3.05) is 20.6 Å². The zero-order valence-corrected chi connectivity index (χ0v) is 21.9. The van der Waals surface area contributed by atoms with Crippen molar-refractivity contribution in [1.82, 2.24) is 5.06 Å². The van der Waals surface area contributed by atoms with Gasteiger partial charge in [-0.2, -0.15) is 5.06 Å². The number of carbonyl (C=O) groups excluding carboxylic acids is 3. The predicted octanol–water partition coefficient (Wildman–Crippen LogP) is 3.85. The van der Waals surface area contributed by atoms with Crippen LogP contribution in [0, 0.1) is 0 Å². The molecule has 0 aliphatic carbocycles. The Kier molecular flexibility index (Phi) is 15.1. The third-order valence-corrected chi connectivity index (χ3v) is 5.90. The van der Waals surface area contributed by atoms with Crippen molar-refractivity contribution in [2.45, 2.75) is 65.2 Å². The third-order valence-electron chi connectivity index (χ3n) is 4.59. The minimum atomic E-state index is -4.42. The van der Waals surface area contributed by atoms with Gasteiger partial charge in [-0.15, -0.1) is 4.76 Å². The van der Waals surface area contributed by atoms with E-state index in [2.05, 4.69) is 4.76 Å². The van der Waals surface area contributed by atoms with Crippen LogP contribution in [0.4, 0.5) is 0 Å². The van der Waals surface area contributed by atoms with E-state index in [0.717, 1.165) is 23.5 Å². The van der Waals surface area contributed by atoms with Crippen LogP contribution in [0.1, 0.15) is 64.4 Å². The molecule has 0 saturated carbocycles. The summed E-state index contributed by atoms with van der Waals surface area (Å²) < 4.78 is 36.5. The molecule has 0 saturated heterocycles. The maximum Gasteiger partial charge on any atom is 0.462 e. The van der Waals surface area contributed by atoms with E-state index in [4.69, 9.17) is 29.1 Å². The Morgan fingerprint density at radius 3 is 1.92 bits per heavy atom. The molecule has 12 nitrogen and oxygen atoms in total. The second-order valence-electron chi connectivity index (χ2n) is 7.61. The van der Waals surface area contributed by atoms with Crippen LogP contribution in [0.25, 0.3) is 0 Å². The summed E-state index contributed by atoms with van der Waals surface area (Å²) in [4.78, 5) is 40.6. The summed E-state index contributed by atoms with van der Waals surface area (Å²) in [6.45, 7) is 2.36. The molecule has 0 amide bonds. The van der Waals surface area contributed by atoms with Crippen LogP contribution in [0.2, 0.25) is 0 Å². The highest BCUT2D eigenvalue weighted by molar-refractivity contribution is 7.52. The molecule has 0 aliphatic heterocycles. The Labute approximate surface area is 211 Å². The topological polar surface area (TPSA) is 156 Å². The number of ether oxygens (including phenoxy) is 2. The molecule has 13 heteroatoms. The first kappa shape index (κ1) is 31.1. The molecule has 0 radical (unpaired) electrons. The first-order valence-corrected chi connectivity index (χ1v) is 13.2. The van der Waals surface area contributed by atoms with Gasteiger partial charge in [-0.3, -0.25) is 18.6 Å². The van der Waals surface area contributed by atoms with E-state index in [1.165, 1.54) is 7.05 Å². The Balaban J connectivity index is 2.73. The highest BCUT2D eigenvalue weighted by Crippen LogP contribution is 2.50. The number of hydrogen-bond donors (Lipinski definition) is 1. The molecule has 1 rings (SSSR count). The van der Waals surface area contributed by atoms with Crippen molar-refractivity contribution in [3.05, 3.63) is 35.9 Å². The monoisotopic (exact) mass is 529 g/mol. The summed E-state index contributed by atoms with van der Waals surface area (Å²) in [5.41, 5.74) is 6.76. The molecule has 0 bridgehead atoms. The number of benzene rings is 1. The molecule has 0 aliphatic rings. The van der Waals surface area contributed by atoms with Gasteiger partial charge in [0.15, 0.2) is 0 Å². The number of unbranched alkanes of at least 4 members (excludes halogenated alkanes) is 2. The van der Waals surface area contributed by atoms with Crippen molar-refractivity contribution in [2.24, 2.45) is 10.5 Å². The van der Waals surface area contributed by atoms with Crippen molar-refractivity contribution >= 4 is 31.6 Å². The van der Waals surface area contributed by atoms with Crippen LogP contribution in [0.3, 0.4) is 0 Å². The fourth-order valence-corrected chi connectivity index (χ4v) is 3.46. The van der Waals surface area contributed by atoms with Gasteiger partial charge in [-0.05, 0) is 24.8 Å². The fraction of sp³-hybridized carbons (Fsp3) is 0.565. The molecule has 202 valence electrons. The van der Waals surface area contributed by atoms with E-state index in [9.17, 15) is 18.9 Å². The molecule has 0 spiro atoms. The Morgan fingerprint density at radius 1 is 0.889 bits per heavy atom. The Bertz CT molecular complexity index is 866. The molecule has 2 N–H and O–H groups in total. The first-order chi connectivity index (χ1) is 17.2. The molecule has 1 aromatic carbocycles. The number of esters is 2. The Hall–Kier alpha value is -2.95. The highest BCUT2D eigenvalue weighted by atomic mass is 31.2. The molecular formula is C23H36N3O9P. The number of nitrogens with two attached hydrogens (primary N) is 1. The number of hydroxylamine groups is 2. The van der Waals surface area contributed by atoms with Gasteiger partial charge >= 0.3 is 25.7 Å². The van der Waals surface area contributed by atoms with Crippen LogP contribution in [0.5, 0.6) is 0 Å². The van der Waals surface area contributed by atoms with Crippen LogP contribution < -0.4 is 5.73 Å². The number of hydrogen-bond acceptors (Lipinski definition) is 9. The summed E-state index contributed by atoms with van der Waals surface area (Å²) in [5.74, 6) is -2.24. The number of guanidine groups is 1. The number of aryl methyl sites for hydroxylation is 1. The standard InChI is InChI=1S/C23H36N3O9P/c1-4-6-13-20(27)31-17-33-36(30,34-18-32-21(28)14-7-5-2)25-23(24)26(3)35-22(29)16-15-19-11-9-8-10-12-19/h8-12H,4-7,13-18H2,1-3H3,(H2,24,25,30). The maximum atomic E-state index is 13.1. The van der Waals surface area contributed by atoms with Crippen LogP contribution in [-0.2, 0) is 48.7 Å². The lowest BCUT2D eigenvalue weighted by Crippen LogP contribution is -2.36. The molecular weight excluding hydrogens is 493 g/mol. The van der Waals surface area contributed by atoms with E-state index < -0.39 is 45.2 Å². The molecule has 0 heterocycles. The van der Waals surface area contributed by atoms with Crippen LogP contribution >= 0.6 is 7.75 Å². The average molecular weight is 530 g/mol. The first-order valence-electron chi connectivity index (χ1n) is 11.7. The lowest BCUT2D eigenvalue weighted by molar-refractivity contribution is -0.169. The van der Waals surface area contributed by atoms with E-state index >= 15 is 0 Å². The molecule has 36 heavy (non-hydrogen) atoms. The average Bonchev–Trinajstić information content (AvgIpc) is 2.85. The molecule has 0 unspecified atom stereocenters. The van der Waals surface area contributed by atoms with E-state index in [1.54, 1.807) is 0 Å². The van der Waals surface area contributed by atoms with Crippen molar-refractivity contribution < 1.29 is 42.3 Å². The van der Waals surface area contributed by atoms with Gasteiger partial charge in [-0.25, -0.2) is 9.36 Å². The van der Waals surface area contributed by atoms with Crippen molar-refractivity contribution in [3.63, 3.8) is 0 Å². The van der Waals surface area contributed by atoms with Gasteiger partial charge in [0, 0.05) is 19.9 Å². The van der Waals surface area contributed by atoms with E-state index in [1.807, 2.05) is 44.2 Å². The second-order valence-corrected chi connectivity index (χ2v) is 9.26. The zero-order valence-electron chi connectivity index (χ0n) is 21.1. The lowest BCUT2D eigenvalue weighted by Gasteiger charge is -2.19. The predicted molar refractivity (Wildman–Crippen MR) is 131 cm³/mol. The van der Waals surface area contributed by atoms with Gasteiger partial charge in [0.05, 0.1) is 6.42 Å². The molecule has 0 atom stereocenters. The zero-order chi connectivity index (χ0) is 26.8. The maximum absolute atomic E-state index is 13.1. The summed E-state index contributed by atoms with van der Waals surface area (Å²) in [7, 11) is -3.15. The molecule has 0 fully saturated rings. The van der Waals surface area contributed by atoms with E-state index in [0.29, 0.717) is 19.3 Å². The highest BCUT2D eigenvalue weighted by Gasteiger charge is 2.28. The third kappa shape index (κ3) is 13.8. The van der Waals surface area contributed by atoms with Gasteiger partial charge in [0.1, 0.15) is 0 Å². The largest absolute Gasteiger partial charge is 0.462 e. The number of nitrogens with zero attached hydrogens (tertiary/aromatic N) is 2. The normalized spacial score (nSPS) is 11.6. The molecule has 0 aromatic heterocycles. The fourth-order valence-electron chi connectivity index (χ4n) is 2.52. The lowest BCUT2D eigenvalue weighted by atomic mass is 10.1. The summed E-state index contributed by atoms with van der Waals surface area (Å²) in [6.07, 6.45) is 3.64. The number of rotatable bonds is 16. The van der Waals surface area contributed by atoms with E-state index in [-0.39, 0.29) is 19.3 Å². The van der Waals surface area contributed by atoms with Gasteiger partial charge in [-0.1, -0.05) is 57.0 Å². The van der Waals surface area contributed by atoms with Gasteiger partial charge in [0.2, 0.25) is 19.5 Å². The van der Waals surface area contributed by atoms with Crippen molar-refractivity contribution in [3.8, 4) is 0 Å². The summed E-state index contributed by atoms with van der Waals surface area (Å²) in [5, 5.41) is 0.799. The molecule has 1 aromatic rings. The van der Waals surface area contributed by atoms with Gasteiger partial charge in [0.25, 0.3) is 0 Å². The second kappa shape index (κ2) is 17.5. The van der Waals surface area contributed by atoms with Crippen molar-refractivity contribution in [1.29, 1.82) is 0 Å². The quantitative estimate of drug-likeness (QED) is 0.0828. The minimum absolute atomic E-state index is 0.0632. The van der Waals surface area contributed by atoms with Gasteiger partial charge < -0.3 is 20.0 Å². The summed E-state index contributed by atoms with van der Waals surface area (Å²) >= 11 is 0. The Morgan fingerprint density at radius 2 is 1.42 bits per heavy atom. The van der Waals surface area contributed by atoms with Crippen LogP contribution in [0.15, 0.2) is 35.1 Å². The smallest absolute Gasteiger partial charge is 0.438 e. The van der Waals surface area contributed by atoms with Crippen LogP contribution in [-0.4, -0.2) is 49.6 Å². The summed E-state index contributed by atoms with van der Waals surface area (Å²) in [6, 6.07) is 9.34. The number of carbonyl (C=O) groups is 3.